The zero-order valence-corrected chi connectivity index (χ0v) is 17.4. The molecule has 1 aliphatic heterocycles. The van der Waals surface area contributed by atoms with Crippen molar-refractivity contribution in [1.82, 2.24) is 4.90 Å². The van der Waals surface area contributed by atoms with Gasteiger partial charge in [-0.15, -0.1) is 0 Å². The summed E-state index contributed by atoms with van der Waals surface area (Å²) in [6.07, 6.45) is 2.23. The molecule has 0 aliphatic carbocycles. The number of methoxy groups -OCH3 is 1. The smallest absolute Gasteiger partial charge is 0.254 e. The van der Waals surface area contributed by atoms with Gasteiger partial charge >= 0.3 is 0 Å². The summed E-state index contributed by atoms with van der Waals surface area (Å²) < 4.78 is 16.4. The van der Waals surface area contributed by atoms with Crippen molar-refractivity contribution in [3.8, 4) is 11.5 Å². The Morgan fingerprint density at radius 3 is 2.63 bits per heavy atom. The van der Waals surface area contributed by atoms with Crippen molar-refractivity contribution in [2.45, 2.75) is 25.9 Å². The van der Waals surface area contributed by atoms with Gasteiger partial charge in [-0.2, -0.15) is 0 Å². The van der Waals surface area contributed by atoms with Crippen LogP contribution in [0.15, 0.2) is 48.5 Å². The number of hydrogen-bond donors (Lipinski definition) is 1. The normalized spacial score (nSPS) is 15.5. The molecule has 2 amide bonds. The summed E-state index contributed by atoms with van der Waals surface area (Å²) >= 11 is 0. The summed E-state index contributed by atoms with van der Waals surface area (Å²) in [4.78, 5) is 26.7. The summed E-state index contributed by atoms with van der Waals surface area (Å²) in [5.74, 6) is 0.873. The minimum Gasteiger partial charge on any atom is -0.497 e. The second kappa shape index (κ2) is 10.6. The molecule has 1 fully saturated rings. The third-order valence-electron chi connectivity index (χ3n) is 4.92. The second-order valence-corrected chi connectivity index (χ2v) is 7.07. The van der Waals surface area contributed by atoms with Crippen LogP contribution in [0.3, 0.4) is 0 Å². The quantitative estimate of drug-likeness (QED) is 0.683. The van der Waals surface area contributed by atoms with Crippen molar-refractivity contribution in [2.24, 2.45) is 0 Å². The molecular formula is C23H28N2O5. The number of rotatable bonds is 9. The van der Waals surface area contributed by atoms with E-state index >= 15 is 0 Å². The fraction of sp³-hybridized carbons (Fsp3) is 0.391. The Morgan fingerprint density at radius 2 is 1.97 bits per heavy atom. The van der Waals surface area contributed by atoms with Crippen LogP contribution in [0.2, 0.25) is 0 Å². The first-order valence-electron chi connectivity index (χ1n) is 10.2. The first kappa shape index (κ1) is 21.6. The molecule has 1 aliphatic rings. The van der Waals surface area contributed by atoms with E-state index in [2.05, 4.69) is 5.32 Å². The molecule has 2 aromatic carbocycles. The number of carbonyl (C=O) groups is 2. The van der Waals surface area contributed by atoms with Crippen LogP contribution in [0, 0.1) is 0 Å². The summed E-state index contributed by atoms with van der Waals surface area (Å²) in [6.45, 7) is 3.53. The van der Waals surface area contributed by atoms with Crippen LogP contribution in [-0.4, -0.2) is 56.2 Å². The molecule has 30 heavy (non-hydrogen) atoms. The van der Waals surface area contributed by atoms with Crippen LogP contribution in [0.4, 0.5) is 5.69 Å². The third kappa shape index (κ3) is 5.97. The standard InChI is InChI=1S/C23H28N2O5/c1-3-25(15-22(26)24-18-6-4-7-20(14-18)28-2)23(27)17-9-11-19(12-10-17)30-16-21-8-5-13-29-21/h4,6-7,9-12,14,21H,3,5,8,13,15-16H2,1-2H3,(H,24,26). The fourth-order valence-corrected chi connectivity index (χ4v) is 3.24. The molecule has 0 bridgehead atoms. The number of likely N-dealkylation sites (N-methyl/N-ethyl adjacent to an activating group) is 1. The minimum absolute atomic E-state index is 0.0379. The zero-order valence-electron chi connectivity index (χ0n) is 17.4. The Morgan fingerprint density at radius 1 is 1.17 bits per heavy atom. The SMILES string of the molecule is CCN(CC(=O)Nc1cccc(OC)c1)C(=O)c1ccc(OCC2CCCO2)cc1. The van der Waals surface area contributed by atoms with Crippen LogP contribution in [0.5, 0.6) is 11.5 Å². The van der Waals surface area contributed by atoms with E-state index in [9.17, 15) is 9.59 Å². The van der Waals surface area contributed by atoms with Gasteiger partial charge in [-0.05, 0) is 56.2 Å². The number of nitrogens with one attached hydrogen (secondary N) is 1. The Hall–Kier alpha value is -3.06. The van der Waals surface area contributed by atoms with Crippen LogP contribution < -0.4 is 14.8 Å². The van der Waals surface area contributed by atoms with E-state index in [1.165, 1.54) is 4.90 Å². The molecule has 7 nitrogen and oxygen atoms in total. The van der Waals surface area contributed by atoms with Gasteiger partial charge in [0, 0.05) is 30.5 Å². The molecule has 2 aromatic rings. The molecule has 160 valence electrons. The number of ether oxygens (including phenoxy) is 3. The molecule has 1 saturated heterocycles. The number of hydrogen-bond acceptors (Lipinski definition) is 5. The van der Waals surface area contributed by atoms with E-state index in [-0.39, 0.29) is 24.5 Å². The van der Waals surface area contributed by atoms with E-state index in [0.29, 0.717) is 35.9 Å². The van der Waals surface area contributed by atoms with Gasteiger partial charge in [0.2, 0.25) is 5.91 Å². The van der Waals surface area contributed by atoms with Crippen molar-refractivity contribution in [1.29, 1.82) is 0 Å². The van der Waals surface area contributed by atoms with E-state index in [0.717, 1.165) is 19.4 Å². The number of benzene rings is 2. The molecule has 0 spiro atoms. The molecule has 1 atom stereocenters. The lowest BCUT2D eigenvalue weighted by molar-refractivity contribution is -0.116. The van der Waals surface area contributed by atoms with Gasteiger partial charge in [-0.3, -0.25) is 9.59 Å². The first-order chi connectivity index (χ1) is 14.6. The topological polar surface area (TPSA) is 77.1 Å². The van der Waals surface area contributed by atoms with E-state index < -0.39 is 0 Å². The molecule has 1 heterocycles. The minimum atomic E-state index is -0.269. The molecular weight excluding hydrogens is 384 g/mol. The molecule has 3 rings (SSSR count). The predicted molar refractivity (Wildman–Crippen MR) is 114 cm³/mol. The Balaban J connectivity index is 1.54. The Labute approximate surface area is 176 Å². The third-order valence-corrected chi connectivity index (χ3v) is 4.92. The molecule has 1 N–H and O–H groups in total. The summed E-state index contributed by atoms with van der Waals surface area (Å²) in [7, 11) is 1.57. The molecule has 0 aromatic heterocycles. The van der Waals surface area contributed by atoms with Gasteiger partial charge in [0.05, 0.1) is 13.2 Å². The Kier molecular flexibility index (Phi) is 7.68. The Bertz CT molecular complexity index is 847. The van der Waals surface area contributed by atoms with E-state index in [1.54, 1.807) is 55.6 Å². The largest absolute Gasteiger partial charge is 0.497 e. The summed E-state index contributed by atoms with van der Waals surface area (Å²) in [5, 5.41) is 2.80. The lowest BCUT2D eigenvalue weighted by Gasteiger charge is -2.21. The fourth-order valence-electron chi connectivity index (χ4n) is 3.24. The van der Waals surface area contributed by atoms with E-state index in [4.69, 9.17) is 14.2 Å². The number of anilines is 1. The highest BCUT2D eigenvalue weighted by Crippen LogP contribution is 2.18. The number of amides is 2. The molecule has 0 saturated carbocycles. The maximum atomic E-state index is 12.8. The van der Waals surface area contributed by atoms with Gasteiger partial charge < -0.3 is 24.4 Å². The predicted octanol–water partition coefficient (Wildman–Crippen LogP) is 3.35. The van der Waals surface area contributed by atoms with Gasteiger partial charge in [0.1, 0.15) is 24.7 Å². The van der Waals surface area contributed by atoms with Gasteiger partial charge in [0.15, 0.2) is 0 Å². The number of carbonyl (C=O) groups excluding carboxylic acids is 2. The van der Waals surface area contributed by atoms with Crippen molar-refractivity contribution < 1.29 is 23.8 Å². The van der Waals surface area contributed by atoms with Gasteiger partial charge in [-0.25, -0.2) is 0 Å². The molecule has 1 unspecified atom stereocenters. The lowest BCUT2D eigenvalue weighted by atomic mass is 10.2. The highest BCUT2D eigenvalue weighted by Gasteiger charge is 2.19. The van der Waals surface area contributed by atoms with Crippen molar-refractivity contribution in [2.75, 3.05) is 38.7 Å². The zero-order chi connectivity index (χ0) is 21.3. The summed E-state index contributed by atoms with van der Waals surface area (Å²) in [6, 6.07) is 14.1. The second-order valence-electron chi connectivity index (χ2n) is 7.07. The summed E-state index contributed by atoms with van der Waals surface area (Å²) in [5.41, 5.74) is 1.13. The maximum absolute atomic E-state index is 12.8. The van der Waals surface area contributed by atoms with Crippen LogP contribution in [-0.2, 0) is 9.53 Å². The van der Waals surface area contributed by atoms with Crippen LogP contribution in [0.25, 0.3) is 0 Å². The monoisotopic (exact) mass is 412 g/mol. The van der Waals surface area contributed by atoms with Crippen molar-refractivity contribution >= 4 is 17.5 Å². The van der Waals surface area contributed by atoms with Gasteiger partial charge in [-0.1, -0.05) is 6.07 Å². The van der Waals surface area contributed by atoms with E-state index in [1.807, 2.05) is 6.92 Å². The van der Waals surface area contributed by atoms with Crippen molar-refractivity contribution in [3.05, 3.63) is 54.1 Å². The van der Waals surface area contributed by atoms with Crippen molar-refractivity contribution in [3.63, 3.8) is 0 Å². The number of nitrogens with zero attached hydrogens (tertiary/aromatic N) is 1. The first-order valence-corrected chi connectivity index (χ1v) is 10.2. The van der Waals surface area contributed by atoms with Crippen LogP contribution >= 0.6 is 0 Å². The molecule has 0 radical (unpaired) electrons. The molecule has 7 heteroatoms. The highest BCUT2D eigenvalue weighted by molar-refractivity contribution is 5.99. The lowest BCUT2D eigenvalue weighted by Crippen LogP contribution is -2.37. The van der Waals surface area contributed by atoms with Crippen LogP contribution in [0.1, 0.15) is 30.1 Å². The van der Waals surface area contributed by atoms with Gasteiger partial charge in [0.25, 0.3) is 5.91 Å². The average molecular weight is 412 g/mol. The average Bonchev–Trinajstić information content (AvgIpc) is 3.30. The maximum Gasteiger partial charge on any atom is 0.254 e. The highest BCUT2D eigenvalue weighted by atomic mass is 16.5.